The molecule has 1 unspecified atom stereocenters. The Morgan fingerprint density at radius 3 is 3.00 bits per heavy atom. The van der Waals surface area contributed by atoms with E-state index in [1.165, 1.54) is 0 Å². The summed E-state index contributed by atoms with van der Waals surface area (Å²) < 4.78 is 12.2. The van der Waals surface area contributed by atoms with E-state index in [9.17, 15) is 0 Å². The zero-order valence-corrected chi connectivity index (χ0v) is 10.9. The average molecular weight is 286 g/mol. The molecule has 2 N–H and O–H groups in total. The smallest absolute Gasteiger partial charge is 0.125 e. The van der Waals surface area contributed by atoms with Crippen LogP contribution in [0.15, 0.2) is 22.7 Å². The lowest BCUT2D eigenvalue weighted by Gasteiger charge is -2.17. The number of ether oxygens (including phenoxy) is 2. The summed E-state index contributed by atoms with van der Waals surface area (Å²) in [5.74, 6) is 0.861. The van der Waals surface area contributed by atoms with Gasteiger partial charge < -0.3 is 15.2 Å². The summed E-state index contributed by atoms with van der Waals surface area (Å²) in [7, 11) is 0. The van der Waals surface area contributed by atoms with Crippen molar-refractivity contribution in [3.63, 3.8) is 0 Å². The van der Waals surface area contributed by atoms with Crippen molar-refractivity contribution in [2.75, 3.05) is 13.2 Å². The third kappa shape index (κ3) is 2.75. The third-order valence-electron chi connectivity index (χ3n) is 2.65. The monoisotopic (exact) mass is 285 g/mol. The van der Waals surface area contributed by atoms with Crippen LogP contribution in [0.2, 0.25) is 0 Å². The third-order valence-corrected chi connectivity index (χ3v) is 3.14. The molecule has 0 spiro atoms. The van der Waals surface area contributed by atoms with Gasteiger partial charge in [0.2, 0.25) is 0 Å². The van der Waals surface area contributed by atoms with Crippen LogP contribution in [0, 0.1) is 0 Å². The fraction of sp³-hybridized carbons (Fsp3) is 0.500. The molecule has 0 saturated carbocycles. The Kier molecular flexibility index (Phi) is 3.84. The van der Waals surface area contributed by atoms with Crippen molar-refractivity contribution in [2.24, 2.45) is 5.73 Å². The van der Waals surface area contributed by atoms with Crippen molar-refractivity contribution in [1.29, 1.82) is 0 Å². The largest absolute Gasteiger partial charge is 0.488 e. The van der Waals surface area contributed by atoms with Crippen molar-refractivity contribution in [3.8, 4) is 5.75 Å². The van der Waals surface area contributed by atoms with Gasteiger partial charge in [-0.15, -0.1) is 0 Å². The Bertz CT molecular complexity index is 362. The van der Waals surface area contributed by atoms with Crippen LogP contribution in [0.1, 0.15) is 24.9 Å². The molecule has 2 atom stereocenters. The first-order chi connectivity index (χ1) is 7.66. The first kappa shape index (κ1) is 11.9. The van der Waals surface area contributed by atoms with Crippen molar-refractivity contribution >= 4 is 15.9 Å². The van der Waals surface area contributed by atoms with E-state index >= 15 is 0 Å². The number of hydrogen-bond acceptors (Lipinski definition) is 3. The highest BCUT2D eigenvalue weighted by Crippen LogP contribution is 2.29. The molecule has 1 saturated heterocycles. The minimum Gasteiger partial charge on any atom is -0.488 e. The SMILES string of the molecule is C[C@@H](N)c1ccc(Br)cc1OC1CCOC1. The predicted molar refractivity (Wildman–Crippen MR) is 66.6 cm³/mol. The standard InChI is InChI=1S/C12H16BrNO2/c1-8(14)11-3-2-9(13)6-12(11)16-10-4-5-15-7-10/h2-3,6,8,10H,4-5,7,14H2,1H3/t8-,10?/m1/s1. The molecular weight excluding hydrogens is 270 g/mol. The van der Waals surface area contributed by atoms with E-state index in [1.54, 1.807) is 0 Å². The zero-order valence-electron chi connectivity index (χ0n) is 9.28. The molecule has 3 nitrogen and oxygen atoms in total. The molecule has 1 aromatic carbocycles. The minimum atomic E-state index is -0.0228. The molecule has 1 heterocycles. The summed E-state index contributed by atoms with van der Waals surface area (Å²) >= 11 is 3.44. The van der Waals surface area contributed by atoms with E-state index in [4.69, 9.17) is 15.2 Å². The van der Waals surface area contributed by atoms with Crippen molar-refractivity contribution < 1.29 is 9.47 Å². The Labute approximate surface area is 104 Å². The highest BCUT2D eigenvalue weighted by Gasteiger charge is 2.19. The molecule has 0 amide bonds. The summed E-state index contributed by atoms with van der Waals surface area (Å²) in [6.07, 6.45) is 1.11. The van der Waals surface area contributed by atoms with Gasteiger partial charge in [0.05, 0.1) is 13.2 Å². The Hall–Kier alpha value is -0.580. The first-order valence-electron chi connectivity index (χ1n) is 5.46. The lowest BCUT2D eigenvalue weighted by molar-refractivity contribution is 0.140. The van der Waals surface area contributed by atoms with Crippen LogP contribution in [0.5, 0.6) is 5.75 Å². The van der Waals surface area contributed by atoms with E-state index in [0.717, 1.165) is 28.8 Å². The van der Waals surface area contributed by atoms with Crippen molar-refractivity contribution in [1.82, 2.24) is 0 Å². The molecule has 4 heteroatoms. The molecule has 1 aromatic rings. The van der Waals surface area contributed by atoms with Crippen molar-refractivity contribution in [2.45, 2.75) is 25.5 Å². The number of halogens is 1. The first-order valence-corrected chi connectivity index (χ1v) is 6.25. The molecule has 0 radical (unpaired) electrons. The maximum Gasteiger partial charge on any atom is 0.125 e. The summed E-state index contributed by atoms with van der Waals surface area (Å²) in [6.45, 7) is 3.42. The maximum absolute atomic E-state index is 5.91. The van der Waals surface area contributed by atoms with Gasteiger partial charge >= 0.3 is 0 Å². The van der Waals surface area contributed by atoms with Gasteiger partial charge in [-0.05, 0) is 19.1 Å². The molecule has 2 rings (SSSR count). The van der Waals surface area contributed by atoms with E-state index in [-0.39, 0.29) is 12.1 Å². The summed E-state index contributed by atoms with van der Waals surface area (Å²) in [5, 5.41) is 0. The minimum absolute atomic E-state index is 0.0228. The van der Waals surface area contributed by atoms with Gasteiger partial charge in [-0.2, -0.15) is 0 Å². The van der Waals surface area contributed by atoms with Crippen LogP contribution in [-0.4, -0.2) is 19.3 Å². The van der Waals surface area contributed by atoms with Gasteiger partial charge in [0.15, 0.2) is 0 Å². The predicted octanol–water partition coefficient (Wildman–Crippen LogP) is 2.64. The second kappa shape index (κ2) is 5.17. The van der Waals surface area contributed by atoms with E-state index in [1.807, 2.05) is 25.1 Å². The maximum atomic E-state index is 5.91. The second-order valence-corrected chi connectivity index (χ2v) is 4.99. The van der Waals surface area contributed by atoms with E-state index < -0.39 is 0 Å². The van der Waals surface area contributed by atoms with Gasteiger partial charge in [-0.1, -0.05) is 22.0 Å². The second-order valence-electron chi connectivity index (χ2n) is 4.07. The van der Waals surface area contributed by atoms with Crippen LogP contribution in [0.25, 0.3) is 0 Å². The molecule has 1 aliphatic heterocycles. The van der Waals surface area contributed by atoms with E-state index in [2.05, 4.69) is 15.9 Å². The molecule has 0 aromatic heterocycles. The Balaban J connectivity index is 2.19. The summed E-state index contributed by atoms with van der Waals surface area (Å²) in [6, 6.07) is 5.93. The van der Waals surface area contributed by atoms with Crippen LogP contribution < -0.4 is 10.5 Å². The summed E-state index contributed by atoms with van der Waals surface area (Å²) in [5.41, 5.74) is 6.95. The molecule has 1 fully saturated rings. The average Bonchev–Trinajstić information content (AvgIpc) is 2.70. The fourth-order valence-electron chi connectivity index (χ4n) is 1.77. The molecule has 16 heavy (non-hydrogen) atoms. The zero-order chi connectivity index (χ0) is 11.5. The normalized spacial score (nSPS) is 22.1. The molecular formula is C12H16BrNO2. The number of nitrogens with two attached hydrogens (primary N) is 1. The topological polar surface area (TPSA) is 44.5 Å². The van der Waals surface area contributed by atoms with Gasteiger partial charge in [-0.25, -0.2) is 0 Å². The van der Waals surface area contributed by atoms with Gasteiger partial charge in [-0.3, -0.25) is 0 Å². The van der Waals surface area contributed by atoms with Gasteiger partial charge in [0.1, 0.15) is 11.9 Å². The van der Waals surface area contributed by atoms with Gasteiger partial charge in [0, 0.05) is 22.5 Å². The fourth-order valence-corrected chi connectivity index (χ4v) is 2.11. The lowest BCUT2D eigenvalue weighted by atomic mass is 10.1. The van der Waals surface area contributed by atoms with Crippen LogP contribution in [-0.2, 0) is 4.74 Å². The number of benzene rings is 1. The highest BCUT2D eigenvalue weighted by atomic mass is 79.9. The molecule has 0 aliphatic carbocycles. The van der Waals surface area contributed by atoms with Crippen LogP contribution >= 0.6 is 15.9 Å². The van der Waals surface area contributed by atoms with Crippen molar-refractivity contribution in [3.05, 3.63) is 28.2 Å². The molecule has 88 valence electrons. The Morgan fingerprint density at radius 1 is 1.56 bits per heavy atom. The van der Waals surface area contributed by atoms with Gasteiger partial charge in [0.25, 0.3) is 0 Å². The van der Waals surface area contributed by atoms with Crippen LogP contribution in [0.4, 0.5) is 0 Å². The lowest BCUT2D eigenvalue weighted by Crippen LogP contribution is -2.18. The quantitative estimate of drug-likeness (QED) is 0.929. The number of hydrogen-bond donors (Lipinski definition) is 1. The Morgan fingerprint density at radius 2 is 2.38 bits per heavy atom. The highest BCUT2D eigenvalue weighted by molar-refractivity contribution is 9.10. The van der Waals surface area contributed by atoms with E-state index in [0.29, 0.717) is 6.61 Å². The molecule has 0 bridgehead atoms. The molecule has 1 aliphatic rings. The summed E-state index contributed by atoms with van der Waals surface area (Å²) in [4.78, 5) is 0. The number of rotatable bonds is 3. The van der Waals surface area contributed by atoms with Crippen LogP contribution in [0.3, 0.4) is 0 Å².